The predicted molar refractivity (Wildman–Crippen MR) is 42.0 cm³/mol. The van der Waals surface area contributed by atoms with E-state index in [-0.39, 0.29) is 0 Å². The van der Waals surface area contributed by atoms with Gasteiger partial charge in [0.25, 0.3) is 0 Å². The van der Waals surface area contributed by atoms with E-state index in [1.165, 1.54) is 0 Å². The predicted octanol–water partition coefficient (Wildman–Crippen LogP) is 2.61. The molecule has 0 heteroatoms. The fraction of sp³-hybridized carbons (Fsp3) is 0.556. The van der Waals surface area contributed by atoms with E-state index in [4.69, 9.17) is 0 Å². The Balaban J connectivity index is 3.23. The smallest absolute Gasteiger partial charge is 0.00940 e. The van der Waals surface area contributed by atoms with E-state index < -0.39 is 0 Å². The van der Waals surface area contributed by atoms with Crippen molar-refractivity contribution in [1.29, 1.82) is 0 Å². The molecule has 0 saturated heterocycles. The zero-order chi connectivity index (χ0) is 7.11. The van der Waals surface area contributed by atoms with Gasteiger partial charge in [0, 0.05) is 6.42 Å². The van der Waals surface area contributed by atoms with Crippen molar-refractivity contribution >= 4 is 0 Å². The van der Waals surface area contributed by atoms with Crippen LogP contribution in [0.3, 0.4) is 0 Å². The second-order valence-corrected chi connectivity index (χ2v) is 2.18. The minimum atomic E-state index is 0.617. The molecule has 0 aliphatic heterocycles. The van der Waals surface area contributed by atoms with E-state index in [0.717, 1.165) is 12.8 Å². The molecular weight excluding hydrogens is 108 g/mol. The topological polar surface area (TPSA) is 0 Å². The van der Waals surface area contributed by atoms with Crippen LogP contribution in [0.2, 0.25) is 0 Å². The van der Waals surface area contributed by atoms with Crippen LogP contribution in [0.4, 0.5) is 0 Å². The van der Waals surface area contributed by atoms with E-state index >= 15 is 0 Å². The van der Waals surface area contributed by atoms with Crippen LogP contribution in [0.15, 0.2) is 12.7 Å². The van der Waals surface area contributed by atoms with Crippen LogP contribution in [0.1, 0.15) is 26.7 Å². The lowest BCUT2D eigenvalue weighted by atomic mass is 10.1. The number of hydrogen-bond donors (Lipinski definition) is 0. The molecule has 1 unspecified atom stereocenters. The molecule has 0 aromatic heterocycles. The summed E-state index contributed by atoms with van der Waals surface area (Å²) in [5, 5.41) is 0. The molecule has 0 aromatic carbocycles. The van der Waals surface area contributed by atoms with Gasteiger partial charge in [0.1, 0.15) is 0 Å². The Bertz CT molecular complexity index is 123. The van der Waals surface area contributed by atoms with Crippen LogP contribution >= 0.6 is 0 Å². The molecule has 0 fully saturated rings. The monoisotopic (exact) mass is 122 g/mol. The van der Waals surface area contributed by atoms with Crippen molar-refractivity contribution in [1.82, 2.24) is 0 Å². The van der Waals surface area contributed by atoms with E-state index in [2.05, 4.69) is 25.3 Å². The zero-order valence-corrected chi connectivity index (χ0v) is 6.28. The van der Waals surface area contributed by atoms with E-state index in [9.17, 15) is 0 Å². The molecule has 50 valence electrons. The highest BCUT2D eigenvalue weighted by Gasteiger charge is 1.91. The largest absolute Gasteiger partial charge is 0.107 e. The molecular formula is C9H14. The van der Waals surface area contributed by atoms with Gasteiger partial charge >= 0.3 is 0 Å². The first-order chi connectivity index (χ1) is 4.31. The van der Waals surface area contributed by atoms with Gasteiger partial charge in [-0.1, -0.05) is 13.0 Å². The van der Waals surface area contributed by atoms with Crippen LogP contribution in [-0.2, 0) is 0 Å². The summed E-state index contributed by atoms with van der Waals surface area (Å²) in [5.41, 5.74) is 0. The van der Waals surface area contributed by atoms with Crippen LogP contribution in [0.5, 0.6) is 0 Å². The summed E-state index contributed by atoms with van der Waals surface area (Å²) in [6, 6.07) is 0. The highest BCUT2D eigenvalue weighted by Crippen LogP contribution is 2.03. The minimum absolute atomic E-state index is 0.617. The van der Waals surface area contributed by atoms with Crippen LogP contribution < -0.4 is 0 Å². The second-order valence-electron chi connectivity index (χ2n) is 2.18. The van der Waals surface area contributed by atoms with E-state index in [1.807, 2.05) is 13.0 Å². The Morgan fingerprint density at radius 3 is 2.78 bits per heavy atom. The molecule has 0 radical (unpaired) electrons. The second kappa shape index (κ2) is 5.44. The average molecular weight is 122 g/mol. The van der Waals surface area contributed by atoms with Crippen molar-refractivity contribution in [2.24, 2.45) is 5.92 Å². The van der Waals surface area contributed by atoms with Crippen molar-refractivity contribution in [2.45, 2.75) is 26.7 Å². The third kappa shape index (κ3) is 5.17. The average Bonchev–Trinajstić information content (AvgIpc) is 1.89. The van der Waals surface area contributed by atoms with Crippen molar-refractivity contribution in [3.63, 3.8) is 0 Å². The fourth-order valence-corrected chi connectivity index (χ4v) is 0.543. The van der Waals surface area contributed by atoms with Crippen LogP contribution in [-0.4, -0.2) is 0 Å². The van der Waals surface area contributed by atoms with Gasteiger partial charge in [0.2, 0.25) is 0 Å². The van der Waals surface area contributed by atoms with E-state index in [1.54, 1.807) is 0 Å². The Labute approximate surface area is 58.0 Å². The highest BCUT2D eigenvalue weighted by molar-refractivity contribution is 4.95. The van der Waals surface area contributed by atoms with Crippen molar-refractivity contribution < 1.29 is 0 Å². The minimum Gasteiger partial charge on any atom is -0.107 e. The van der Waals surface area contributed by atoms with E-state index in [0.29, 0.717) is 5.92 Å². The lowest BCUT2D eigenvalue weighted by molar-refractivity contribution is 0.666. The number of hydrogen-bond acceptors (Lipinski definition) is 0. The summed E-state index contributed by atoms with van der Waals surface area (Å²) in [6.45, 7) is 7.72. The molecule has 0 spiro atoms. The Morgan fingerprint density at radius 1 is 1.67 bits per heavy atom. The first-order valence-corrected chi connectivity index (χ1v) is 3.33. The molecule has 0 aliphatic carbocycles. The molecule has 0 bridgehead atoms. The van der Waals surface area contributed by atoms with Crippen LogP contribution in [0.25, 0.3) is 0 Å². The number of allylic oxidation sites excluding steroid dienone is 1. The van der Waals surface area contributed by atoms with Gasteiger partial charge in [0.05, 0.1) is 0 Å². The fourth-order valence-electron chi connectivity index (χ4n) is 0.543. The van der Waals surface area contributed by atoms with Gasteiger partial charge in [-0.25, -0.2) is 0 Å². The quantitative estimate of drug-likeness (QED) is 0.398. The maximum atomic E-state index is 3.69. The third-order valence-electron chi connectivity index (χ3n) is 1.30. The lowest BCUT2D eigenvalue weighted by Gasteiger charge is -1.98. The molecule has 0 aromatic rings. The Kier molecular flexibility index (Phi) is 5.01. The molecule has 9 heavy (non-hydrogen) atoms. The number of rotatable bonds is 3. The summed E-state index contributed by atoms with van der Waals surface area (Å²) in [5.74, 6) is 6.50. The van der Waals surface area contributed by atoms with Gasteiger partial charge in [-0.3, -0.25) is 0 Å². The highest BCUT2D eigenvalue weighted by atomic mass is 14.0. The summed E-state index contributed by atoms with van der Waals surface area (Å²) < 4.78 is 0. The Morgan fingerprint density at radius 2 is 2.33 bits per heavy atom. The molecule has 0 amide bonds. The first kappa shape index (κ1) is 8.30. The van der Waals surface area contributed by atoms with Gasteiger partial charge in [0.15, 0.2) is 0 Å². The molecule has 0 saturated carbocycles. The lowest BCUT2D eigenvalue weighted by Crippen LogP contribution is -1.85. The molecule has 0 nitrogen and oxygen atoms in total. The van der Waals surface area contributed by atoms with Gasteiger partial charge < -0.3 is 0 Å². The summed E-state index contributed by atoms with van der Waals surface area (Å²) in [4.78, 5) is 0. The first-order valence-electron chi connectivity index (χ1n) is 3.33. The maximum Gasteiger partial charge on any atom is 0.00940 e. The van der Waals surface area contributed by atoms with Crippen molar-refractivity contribution in [3.8, 4) is 11.8 Å². The van der Waals surface area contributed by atoms with Gasteiger partial charge in [-0.2, -0.15) is 0 Å². The molecule has 1 atom stereocenters. The summed E-state index contributed by atoms with van der Waals surface area (Å²) >= 11 is 0. The summed E-state index contributed by atoms with van der Waals surface area (Å²) in [7, 11) is 0. The standard InChI is InChI=1S/C9H14/c1-4-6-7-8-9(3)5-2/h5,9H,2,7-8H2,1,3H3. The van der Waals surface area contributed by atoms with Crippen molar-refractivity contribution in [3.05, 3.63) is 12.7 Å². The van der Waals surface area contributed by atoms with Gasteiger partial charge in [-0.15, -0.1) is 18.4 Å². The third-order valence-corrected chi connectivity index (χ3v) is 1.30. The maximum absolute atomic E-state index is 3.69. The molecule has 0 heterocycles. The van der Waals surface area contributed by atoms with Crippen molar-refractivity contribution in [2.75, 3.05) is 0 Å². The normalized spacial score (nSPS) is 11.3. The molecule has 0 aliphatic rings. The van der Waals surface area contributed by atoms with Crippen LogP contribution in [0, 0.1) is 17.8 Å². The van der Waals surface area contributed by atoms with Gasteiger partial charge in [-0.05, 0) is 19.3 Å². The summed E-state index contributed by atoms with van der Waals surface area (Å²) in [6.07, 6.45) is 4.12. The zero-order valence-electron chi connectivity index (χ0n) is 6.28. The molecule has 0 rings (SSSR count). The Hall–Kier alpha value is -0.700. The SMILES string of the molecule is C=CC(C)CCC#CC. The molecule has 0 N–H and O–H groups in total.